The van der Waals surface area contributed by atoms with Crippen molar-refractivity contribution < 1.29 is 9.90 Å². The standard InChI is InChI=1S/C16H21N3O2/c1-10(2)12-6-7-19(18-12)14-9-11(15(20)21)8-13(17-14)16(3,4)5/h6-10H,1-5H3,(H,20,21). The number of aromatic carboxylic acids is 1. The summed E-state index contributed by atoms with van der Waals surface area (Å²) in [6.07, 6.45) is 1.82. The molecule has 5 nitrogen and oxygen atoms in total. The van der Waals surface area contributed by atoms with Crippen molar-refractivity contribution in [2.45, 2.75) is 46.0 Å². The smallest absolute Gasteiger partial charge is 0.335 e. The van der Waals surface area contributed by atoms with Crippen molar-refractivity contribution in [1.29, 1.82) is 0 Å². The number of aromatic nitrogens is 3. The van der Waals surface area contributed by atoms with Crippen LogP contribution < -0.4 is 0 Å². The molecule has 0 amide bonds. The van der Waals surface area contributed by atoms with Crippen molar-refractivity contribution in [3.05, 3.63) is 41.3 Å². The lowest BCUT2D eigenvalue weighted by Crippen LogP contribution is -2.17. The Hall–Kier alpha value is -2.17. The van der Waals surface area contributed by atoms with Crippen LogP contribution in [-0.2, 0) is 5.41 Å². The molecule has 0 saturated heterocycles. The van der Waals surface area contributed by atoms with Gasteiger partial charge >= 0.3 is 5.97 Å². The van der Waals surface area contributed by atoms with Gasteiger partial charge in [0.2, 0.25) is 0 Å². The summed E-state index contributed by atoms with van der Waals surface area (Å²) < 4.78 is 1.64. The van der Waals surface area contributed by atoms with E-state index in [0.717, 1.165) is 11.4 Å². The maximum absolute atomic E-state index is 11.3. The van der Waals surface area contributed by atoms with E-state index in [4.69, 9.17) is 0 Å². The van der Waals surface area contributed by atoms with Crippen molar-refractivity contribution in [2.75, 3.05) is 0 Å². The van der Waals surface area contributed by atoms with Crippen LogP contribution in [0.4, 0.5) is 0 Å². The van der Waals surface area contributed by atoms with E-state index in [1.54, 1.807) is 16.8 Å². The van der Waals surface area contributed by atoms with Gasteiger partial charge in [-0.15, -0.1) is 0 Å². The Kier molecular flexibility index (Phi) is 3.85. The van der Waals surface area contributed by atoms with Gasteiger partial charge in [0.1, 0.15) is 0 Å². The second-order valence-corrected chi connectivity index (χ2v) is 6.49. The van der Waals surface area contributed by atoms with Gasteiger partial charge in [0.25, 0.3) is 0 Å². The average molecular weight is 287 g/mol. The van der Waals surface area contributed by atoms with Gasteiger partial charge in [0.05, 0.1) is 11.3 Å². The molecule has 0 aliphatic carbocycles. The molecule has 2 heterocycles. The number of carboxylic acids is 1. The molecule has 0 aliphatic heterocycles. The van der Waals surface area contributed by atoms with Crippen molar-refractivity contribution in [3.8, 4) is 5.82 Å². The molecule has 2 aromatic rings. The maximum Gasteiger partial charge on any atom is 0.335 e. The van der Waals surface area contributed by atoms with Crippen LogP contribution in [0.1, 0.15) is 62.3 Å². The largest absolute Gasteiger partial charge is 0.478 e. The van der Waals surface area contributed by atoms with Crippen molar-refractivity contribution in [2.24, 2.45) is 0 Å². The van der Waals surface area contributed by atoms with Crippen molar-refractivity contribution in [1.82, 2.24) is 14.8 Å². The highest BCUT2D eigenvalue weighted by Gasteiger charge is 2.20. The third-order valence-electron chi connectivity index (χ3n) is 3.26. The summed E-state index contributed by atoms with van der Waals surface area (Å²) in [5.74, 6) is -0.108. The Bertz CT molecular complexity index is 666. The van der Waals surface area contributed by atoms with Gasteiger partial charge in [-0.1, -0.05) is 34.6 Å². The summed E-state index contributed by atoms with van der Waals surface area (Å²) in [5.41, 5.74) is 1.69. The second kappa shape index (κ2) is 5.31. The Balaban J connectivity index is 2.56. The van der Waals surface area contributed by atoms with Crippen LogP contribution in [0, 0.1) is 0 Å². The normalized spacial score (nSPS) is 11.9. The number of carbonyl (C=O) groups is 1. The van der Waals surface area contributed by atoms with Crippen LogP contribution in [0.2, 0.25) is 0 Å². The zero-order chi connectivity index (χ0) is 15.8. The first-order chi connectivity index (χ1) is 9.68. The highest BCUT2D eigenvalue weighted by molar-refractivity contribution is 5.88. The molecular formula is C16H21N3O2. The molecule has 1 N–H and O–H groups in total. The molecule has 0 saturated carbocycles. The second-order valence-electron chi connectivity index (χ2n) is 6.49. The minimum absolute atomic E-state index is 0.228. The lowest BCUT2D eigenvalue weighted by molar-refractivity contribution is 0.0696. The molecule has 21 heavy (non-hydrogen) atoms. The van der Waals surface area contributed by atoms with Crippen molar-refractivity contribution in [3.63, 3.8) is 0 Å². The van der Waals surface area contributed by atoms with E-state index in [0.29, 0.717) is 11.7 Å². The molecule has 0 bridgehead atoms. The first-order valence-electron chi connectivity index (χ1n) is 7.00. The van der Waals surface area contributed by atoms with Crippen LogP contribution in [-0.4, -0.2) is 25.8 Å². The Morgan fingerprint density at radius 1 is 1.29 bits per heavy atom. The van der Waals surface area contributed by atoms with E-state index >= 15 is 0 Å². The Labute approximate surface area is 124 Å². The molecule has 0 unspecified atom stereocenters. The molecule has 0 fully saturated rings. The number of carboxylic acid groups (broad SMARTS) is 1. The fourth-order valence-electron chi connectivity index (χ4n) is 1.91. The van der Waals surface area contributed by atoms with Gasteiger partial charge < -0.3 is 5.11 Å². The molecule has 112 valence electrons. The summed E-state index contributed by atoms with van der Waals surface area (Å²) in [6.45, 7) is 10.1. The molecular weight excluding hydrogens is 266 g/mol. The van der Waals surface area contributed by atoms with Crippen LogP contribution in [0.15, 0.2) is 24.4 Å². The van der Waals surface area contributed by atoms with Gasteiger partial charge in [-0.2, -0.15) is 5.10 Å². The predicted molar refractivity (Wildman–Crippen MR) is 81.1 cm³/mol. The maximum atomic E-state index is 11.3. The third kappa shape index (κ3) is 3.29. The minimum Gasteiger partial charge on any atom is -0.478 e. The summed E-state index contributed by atoms with van der Waals surface area (Å²) in [4.78, 5) is 15.9. The number of nitrogens with zero attached hydrogens (tertiary/aromatic N) is 3. The first-order valence-corrected chi connectivity index (χ1v) is 7.00. The Morgan fingerprint density at radius 2 is 1.95 bits per heavy atom. The minimum atomic E-state index is -0.958. The zero-order valence-corrected chi connectivity index (χ0v) is 13.1. The van der Waals surface area contributed by atoms with Gasteiger partial charge in [0.15, 0.2) is 5.82 Å². The lowest BCUT2D eigenvalue weighted by Gasteiger charge is -2.19. The van der Waals surface area contributed by atoms with E-state index < -0.39 is 5.97 Å². The van der Waals surface area contributed by atoms with Crippen LogP contribution >= 0.6 is 0 Å². The summed E-state index contributed by atoms with van der Waals surface area (Å²) in [7, 11) is 0. The van der Waals surface area contributed by atoms with E-state index in [-0.39, 0.29) is 11.0 Å². The number of rotatable bonds is 3. The Morgan fingerprint density at radius 3 is 2.43 bits per heavy atom. The topological polar surface area (TPSA) is 68.0 Å². The molecule has 0 atom stereocenters. The highest BCUT2D eigenvalue weighted by Crippen LogP contribution is 2.23. The third-order valence-corrected chi connectivity index (χ3v) is 3.26. The van der Waals surface area contributed by atoms with Gasteiger partial charge in [-0.05, 0) is 24.1 Å². The number of hydrogen-bond donors (Lipinski definition) is 1. The van der Waals surface area contributed by atoms with E-state index in [2.05, 4.69) is 23.9 Å². The molecule has 0 aliphatic rings. The molecule has 2 aromatic heterocycles. The molecule has 0 aromatic carbocycles. The predicted octanol–water partition coefficient (Wildman–Crippen LogP) is 3.39. The fourth-order valence-corrected chi connectivity index (χ4v) is 1.91. The molecule has 2 rings (SSSR count). The molecule has 0 radical (unpaired) electrons. The number of hydrogen-bond acceptors (Lipinski definition) is 3. The first kappa shape index (κ1) is 15.2. The van der Waals surface area contributed by atoms with Gasteiger partial charge in [-0.25, -0.2) is 14.5 Å². The fraction of sp³-hybridized carbons (Fsp3) is 0.438. The summed E-state index contributed by atoms with van der Waals surface area (Å²) >= 11 is 0. The zero-order valence-electron chi connectivity index (χ0n) is 13.1. The summed E-state index contributed by atoms with van der Waals surface area (Å²) in [6, 6.07) is 5.10. The van der Waals surface area contributed by atoms with Crippen LogP contribution in [0.25, 0.3) is 5.82 Å². The van der Waals surface area contributed by atoms with Crippen molar-refractivity contribution >= 4 is 5.97 Å². The highest BCUT2D eigenvalue weighted by atomic mass is 16.4. The summed E-state index contributed by atoms with van der Waals surface area (Å²) in [5, 5.41) is 13.7. The van der Waals surface area contributed by atoms with Crippen LogP contribution in [0.5, 0.6) is 0 Å². The monoisotopic (exact) mass is 287 g/mol. The average Bonchev–Trinajstić information content (AvgIpc) is 2.86. The van der Waals surface area contributed by atoms with E-state index in [1.807, 2.05) is 33.0 Å². The SMILES string of the molecule is CC(C)c1ccn(-c2cc(C(=O)O)cc(C(C)(C)C)n2)n1. The van der Waals surface area contributed by atoms with Gasteiger partial charge in [-0.3, -0.25) is 0 Å². The molecule has 0 spiro atoms. The molecule has 5 heteroatoms. The quantitative estimate of drug-likeness (QED) is 0.939. The van der Waals surface area contributed by atoms with E-state index in [1.165, 1.54) is 0 Å². The van der Waals surface area contributed by atoms with Crippen LogP contribution in [0.3, 0.4) is 0 Å². The van der Waals surface area contributed by atoms with E-state index in [9.17, 15) is 9.90 Å². The number of pyridine rings is 1. The van der Waals surface area contributed by atoms with Gasteiger partial charge in [0, 0.05) is 17.3 Å². The lowest BCUT2D eigenvalue weighted by atomic mass is 9.91.